The molecule has 0 amide bonds. The molecule has 6 heterocycles. The van der Waals surface area contributed by atoms with Gasteiger partial charge in [-0.3, -0.25) is 0 Å². The molecule has 178 valence electrons. The number of hydrogen-bond donors (Lipinski definition) is 1. The minimum absolute atomic E-state index is 0.177. The summed E-state index contributed by atoms with van der Waals surface area (Å²) in [7, 11) is 0. The fourth-order valence-electron chi connectivity index (χ4n) is 5.25. The minimum Gasteiger partial charge on any atom is -0.380 e. The first-order valence-electron chi connectivity index (χ1n) is 12.5. The van der Waals surface area contributed by atoms with Crippen LogP contribution in [0.4, 0.5) is 23.4 Å². The summed E-state index contributed by atoms with van der Waals surface area (Å²) < 4.78 is 5.51. The van der Waals surface area contributed by atoms with Crippen molar-refractivity contribution >= 4 is 34.2 Å². The number of fused-ring (bicyclic) bond motifs is 1. The smallest absolute Gasteiger partial charge is 0.227 e. The quantitative estimate of drug-likeness (QED) is 0.588. The standard InChI is InChI=1S/C26H33N7O/c1-18-5-3-8-33(15-18)25-27-7-6-22(31-25)30-23-11-20-19(12-26(2)16-34-17-26)13-29-24(21(20)14-28-23)32-9-4-10-32/h6-7,11,13-14,18H,3-5,8-10,12,15-17H2,1-2H3,(H,27,28,30,31). The fraction of sp³-hybridized carbons (Fsp3) is 0.538. The minimum atomic E-state index is 0.177. The molecule has 3 fully saturated rings. The molecule has 0 aliphatic carbocycles. The number of aromatic nitrogens is 4. The molecule has 3 aliphatic rings. The van der Waals surface area contributed by atoms with E-state index in [9.17, 15) is 0 Å². The van der Waals surface area contributed by atoms with E-state index in [-0.39, 0.29) is 5.41 Å². The number of rotatable bonds is 6. The van der Waals surface area contributed by atoms with Crippen LogP contribution < -0.4 is 15.1 Å². The highest BCUT2D eigenvalue weighted by molar-refractivity contribution is 5.95. The molecule has 1 atom stereocenters. The summed E-state index contributed by atoms with van der Waals surface area (Å²) in [4.78, 5) is 23.6. The number of nitrogens with one attached hydrogen (secondary N) is 1. The average molecular weight is 460 g/mol. The maximum atomic E-state index is 5.51. The Kier molecular flexibility index (Phi) is 5.48. The van der Waals surface area contributed by atoms with Gasteiger partial charge in [-0.15, -0.1) is 0 Å². The molecule has 8 heteroatoms. The van der Waals surface area contributed by atoms with Crippen LogP contribution in [0.15, 0.2) is 30.7 Å². The van der Waals surface area contributed by atoms with Gasteiger partial charge in [0.25, 0.3) is 0 Å². The highest BCUT2D eigenvalue weighted by Gasteiger charge is 2.34. The third kappa shape index (κ3) is 4.15. The van der Waals surface area contributed by atoms with Gasteiger partial charge in [-0.25, -0.2) is 15.0 Å². The van der Waals surface area contributed by atoms with Gasteiger partial charge in [0, 0.05) is 55.6 Å². The molecule has 3 aromatic heterocycles. The molecule has 1 unspecified atom stereocenters. The van der Waals surface area contributed by atoms with Crippen molar-refractivity contribution in [3.05, 3.63) is 36.3 Å². The molecule has 8 nitrogen and oxygen atoms in total. The Balaban J connectivity index is 1.31. The first-order valence-corrected chi connectivity index (χ1v) is 12.5. The van der Waals surface area contributed by atoms with Gasteiger partial charge < -0.3 is 19.9 Å². The zero-order valence-corrected chi connectivity index (χ0v) is 20.1. The molecule has 0 saturated carbocycles. The van der Waals surface area contributed by atoms with Crippen LogP contribution in [0.5, 0.6) is 0 Å². The Morgan fingerprint density at radius 1 is 1.03 bits per heavy atom. The number of hydrogen-bond acceptors (Lipinski definition) is 8. The largest absolute Gasteiger partial charge is 0.380 e. The molecule has 1 N–H and O–H groups in total. The summed E-state index contributed by atoms with van der Waals surface area (Å²) in [6, 6.07) is 4.07. The zero-order chi connectivity index (χ0) is 23.1. The Labute approximate surface area is 200 Å². The molecular formula is C26H33N7O. The van der Waals surface area contributed by atoms with E-state index in [0.29, 0.717) is 5.92 Å². The molecule has 6 rings (SSSR count). The van der Waals surface area contributed by atoms with Crippen molar-refractivity contribution in [2.75, 3.05) is 54.5 Å². The summed E-state index contributed by atoms with van der Waals surface area (Å²) in [5, 5.41) is 5.77. The van der Waals surface area contributed by atoms with Gasteiger partial charge in [-0.2, -0.15) is 4.98 Å². The third-order valence-electron chi connectivity index (χ3n) is 7.35. The molecule has 0 spiro atoms. The lowest BCUT2D eigenvalue weighted by Gasteiger charge is -2.38. The molecular weight excluding hydrogens is 426 g/mol. The van der Waals surface area contributed by atoms with Crippen LogP contribution in [0.1, 0.15) is 38.7 Å². The van der Waals surface area contributed by atoms with Crippen molar-refractivity contribution in [2.45, 2.75) is 39.5 Å². The number of ether oxygens (including phenoxy) is 1. The van der Waals surface area contributed by atoms with Crippen LogP contribution >= 0.6 is 0 Å². The van der Waals surface area contributed by atoms with Gasteiger partial charge in [-0.05, 0) is 54.7 Å². The number of anilines is 4. The molecule has 3 aromatic rings. The predicted octanol–water partition coefficient (Wildman–Crippen LogP) is 4.19. The average Bonchev–Trinajstić information content (AvgIpc) is 2.78. The van der Waals surface area contributed by atoms with E-state index < -0.39 is 0 Å². The monoisotopic (exact) mass is 459 g/mol. The van der Waals surface area contributed by atoms with Crippen molar-refractivity contribution in [3.63, 3.8) is 0 Å². The Bertz CT molecular complexity index is 1190. The third-order valence-corrected chi connectivity index (χ3v) is 7.35. The first kappa shape index (κ1) is 21.5. The Hall–Kier alpha value is -3.00. The maximum Gasteiger partial charge on any atom is 0.227 e. The second-order valence-corrected chi connectivity index (χ2v) is 10.6. The van der Waals surface area contributed by atoms with E-state index in [1.807, 2.05) is 18.5 Å². The van der Waals surface area contributed by atoms with Crippen LogP contribution in [0.25, 0.3) is 10.8 Å². The van der Waals surface area contributed by atoms with E-state index in [0.717, 1.165) is 74.6 Å². The van der Waals surface area contributed by atoms with E-state index in [2.05, 4.69) is 46.2 Å². The summed E-state index contributed by atoms with van der Waals surface area (Å²) in [5.74, 6) is 4.07. The summed E-state index contributed by atoms with van der Waals surface area (Å²) in [5.41, 5.74) is 1.43. The van der Waals surface area contributed by atoms with E-state index in [4.69, 9.17) is 19.7 Å². The van der Waals surface area contributed by atoms with Gasteiger partial charge in [0.2, 0.25) is 5.95 Å². The van der Waals surface area contributed by atoms with Crippen LogP contribution in [0.3, 0.4) is 0 Å². The fourth-order valence-corrected chi connectivity index (χ4v) is 5.25. The lowest BCUT2D eigenvalue weighted by Crippen LogP contribution is -2.41. The second-order valence-electron chi connectivity index (χ2n) is 10.6. The van der Waals surface area contributed by atoms with Crippen molar-refractivity contribution in [3.8, 4) is 0 Å². The normalized spacial score (nSPS) is 21.8. The predicted molar refractivity (Wildman–Crippen MR) is 135 cm³/mol. The SMILES string of the molecule is CC1CCCN(c2nccc(Nc3cc4c(CC5(C)COC5)cnc(N5CCC5)c4cn3)n2)C1. The van der Waals surface area contributed by atoms with Gasteiger partial charge in [-0.1, -0.05) is 13.8 Å². The van der Waals surface area contributed by atoms with Crippen LogP contribution in [0.2, 0.25) is 0 Å². The van der Waals surface area contributed by atoms with Crippen LogP contribution in [-0.2, 0) is 11.2 Å². The molecule has 3 aliphatic heterocycles. The number of nitrogens with zero attached hydrogens (tertiary/aromatic N) is 6. The highest BCUT2D eigenvalue weighted by Crippen LogP contribution is 2.36. The summed E-state index contributed by atoms with van der Waals surface area (Å²) in [6.45, 7) is 10.3. The summed E-state index contributed by atoms with van der Waals surface area (Å²) in [6.07, 6.45) is 10.5. The Morgan fingerprint density at radius 2 is 1.88 bits per heavy atom. The molecule has 0 aromatic carbocycles. The van der Waals surface area contributed by atoms with E-state index in [1.165, 1.54) is 30.2 Å². The summed E-state index contributed by atoms with van der Waals surface area (Å²) >= 11 is 0. The maximum absolute atomic E-state index is 5.51. The van der Waals surface area contributed by atoms with Gasteiger partial charge in [0.15, 0.2) is 0 Å². The highest BCUT2D eigenvalue weighted by atomic mass is 16.5. The molecule has 34 heavy (non-hydrogen) atoms. The van der Waals surface area contributed by atoms with Crippen molar-refractivity contribution in [1.29, 1.82) is 0 Å². The van der Waals surface area contributed by atoms with Gasteiger partial charge in [0.05, 0.1) is 13.2 Å². The molecule has 3 saturated heterocycles. The lowest BCUT2D eigenvalue weighted by molar-refractivity contribution is -0.100. The van der Waals surface area contributed by atoms with E-state index >= 15 is 0 Å². The number of pyridine rings is 2. The van der Waals surface area contributed by atoms with Gasteiger partial charge >= 0.3 is 0 Å². The van der Waals surface area contributed by atoms with E-state index in [1.54, 1.807) is 0 Å². The zero-order valence-electron chi connectivity index (χ0n) is 20.1. The topological polar surface area (TPSA) is 79.3 Å². The van der Waals surface area contributed by atoms with Crippen molar-refractivity contribution in [2.24, 2.45) is 11.3 Å². The van der Waals surface area contributed by atoms with Crippen molar-refractivity contribution in [1.82, 2.24) is 19.9 Å². The second kappa shape index (κ2) is 8.65. The molecule has 0 radical (unpaired) electrons. The van der Waals surface area contributed by atoms with Crippen LogP contribution in [0, 0.1) is 11.3 Å². The van der Waals surface area contributed by atoms with Crippen LogP contribution in [-0.4, -0.2) is 59.3 Å². The molecule has 0 bridgehead atoms. The Morgan fingerprint density at radius 3 is 2.62 bits per heavy atom. The lowest BCUT2D eigenvalue weighted by atomic mass is 9.81. The first-order chi connectivity index (χ1) is 16.6. The van der Waals surface area contributed by atoms with Crippen molar-refractivity contribution < 1.29 is 4.74 Å². The number of piperidine rings is 1. The van der Waals surface area contributed by atoms with Gasteiger partial charge in [0.1, 0.15) is 17.5 Å².